The van der Waals surface area contributed by atoms with Crippen LogP contribution in [0.4, 0.5) is 0 Å². The first kappa shape index (κ1) is 17.1. The van der Waals surface area contributed by atoms with Crippen LogP contribution in [-0.2, 0) is 0 Å². The van der Waals surface area contributed by atoms with Crippen LogP contribution in [0.1, 0.15) is 21.5 Å². The van der Waals surface area contributed by atoms with Crippen molar-refractivity contribution in [3.63, 3.8) is 0 Å². The number of benzene rings is 2. The number of rotatable bonds is 1. The number of allylic oxidation sites excluding steroid dienone is 1. The zero-order valence-corrected chi connectivity index (χ0v) is 16.5. The Bertz CT molecular complexity index is 1190. The van der Waals surface area contributed by atoms with Gasteiger partial charge in [-0.25, -0.2) is 4.79 Å². The fraction of sp³-hybridized carbons (Fsp3) is 0.0526. The monoisotopic (exact) mass is 476 g/mol. The Morgan fingerprint density at radius 2 is 1.88 bits per heavy atom. The summed E-state index contributed by atoms with van der Waals surface area (Å²) in [7, 11) is 0. The van der Waals surface area contributed by atoms with Gasteiger partial charge in [-0.15, -0.1) is 0 Å². The van der Waals surface area contributed by atoms with E-state index in [4.69, 9.17) is 9.15 Å². The van der Waals surface area contributed by atoms with E-state index in [0.717, 1.165) is 10.0 Å². The Morgan fingerprint density at radius 3 is 2.65 bits per heavy atom. The minimum absolute atomic E-state index is 0.0136. The molecule has 1 aromatic heterocycles. The van der Waals surface area contributed by atoms with Gasteiger partial charge in [-0.1, -0.05) is 15.9 Å². The third-order valence-electron chi connectivity index (χ3n) is 4.10. The van der Waals surface area contributed by atoms with Gasteiger partial charge in [0.05, 0.1) is 4.47 Å². The molecule has 0 radical (unpaired) electrons. The Labute approximate surface area is 164 Å². The lowest BCUT2D eigenvalue weighted by atomic mass is 10.0. The van der Waals surface area contributed by atoms with Crippen LogP contribution in [0.15, 0.2) is 54.2 Å². The molecule has 2 heterocycles. The number of hydrogen-bond acceptors (Lipinski definition) is 5. The van der Waals surface area contributed by atoms with Gasteiger partial charge in [0.25, 0.3) is 0 Å². The molecule has 1 N–H and O–H groups in total. The Balaban J connectivity index is 1.90. The highest BCUT2D eigenvalue weighted by molar-refractivity contribution is 9.11. The van der Waals surface area contributed by atoms with Crippen molar-refractivity contribution in [2.45, 2.75) is 6.92 Å². The molecule has 0 bridgehead atoms. The molecule has 2 aromatic carbocycles. The quantitative estimate of drug-likeness (QED) is 0.396. The zero-order valence-electron chi connectivity index (χ0n) is 13.3. The summed E-state index contributed by atoms with van der Waals surface area (Å²) in [5.41, 5.74) is 1.02. The van der Waals surface area contributed by atoms with Crippen LogP contribution in [0.2, 0.25) is 0 Å². The molecule has 1 aliphatic heterocycles. The molecule has 0 spiro atoms. The molecule has 26 heavy (non-hydrogen) atoms. The van der Waals surface area contributed by atoms with Crippen molar-refractivity contribution < 1.29 is 19.1 Å². The summed E-state index contributed by atoms with van der Waals surface area (Å²) in [4.78, 5) is 24.6. The number of halogens is 2. The molecule has 4 rings (SSSR count). The maximum Gasteiger partial charge on any atom is 0.336 e. The van der Waals surface area contributed by atoms with E-state index in [1.165, 1.54) is 12.1 Å². The van der Waals surface area contributed by atoms with E-state index in [2.05, 4.69) is 31.9 Å². The second-order valence-electron chi connectivity index (χ2n) is 5.83. The SMILES string of the molecule is Cc1cc(=O)oc2c3c(ccc12)O/C(=C\c1cc(Br)cc(Br)c1O)C3=O. The van der Waals surface area contributed by atoms with E-state index >= 15 is 0 Å². The highest BCUT2D eigenvalue weighted by Crippen LogP contribution is 2.39. The molecular weight excluding hydrogens is 468 g/mol. The Hall–Kier alpha value is -2.38. The molecule has 1 aliphatic rings. The molecule has 0 atom stereocenters. The second-order valence-corrected chi connectivity index (χ2v) is 7.60. The van der Waals surface area contributed by atoms with Crippen LogP contribution in [0, 0.1) is 6.92 Å². The number of phenols is 1. The lowest BCUT2D eigenvalue weighted by Gasteiger charge is -2.04. The summed E-state index contributed by atoms with van der Waals surface area (Å²) < 4.78 is 12.1. The van der Waals surface area contributed by atoms with Crippen LogP contribution >= 0.6 is 31.9 Å². The molecule has 3 aromatic rings. The van der Waals surface area contributed by atoms with Gasteiger partial charge in [0, 0.05) is 21.5 Å². The summed E-state index contributed by atoms with van der Waals surface area (Å²) in [6, 6.07) is 8.14. The zero-order chi connectivity index (χ0) is 18.6. The summed E-state index contributed by atoms with van der Waals surface area (Å²) in [6.45, 7) is 1.78. The fourth-order valence-corrected chi connectivity index (χ4v) is 4.14. The number of ether oxygens (including phenoxy) is 1. The molecule has 7 heteroatoms. The number of Topliss-reactive ketones (excluding diaryl/α,β-unsaturated/α-hetero) is 1. The molecule has 5 nitrogen and oxygen atoms in total. The molecule has 130 valence electrons. The van der Waals surface area contributed by atoms with Crippen LogP contribution < -0.4 is 10.4 Å². The third kappa shape index (κ3) is 2.68. The molecule has 0 aliphatic carbocycles. The van der Waals surface area contributed by atoms with Gasteiger partial charge in [0.1, 0.15) is 17.1 Å². The number of hydrogen-bond donors (Lipinski definition) is 1. The predicted molar refractivity (Wildman–Crippen MR) is 104 cm³/mol. The number of aromatic hydroxyl groups is 1. The van der Waals surface area contributed by atoms with Crippen LogP contribution in [0.25, 0.3) is 17.0 Å². The van der Waals surface area contributed by atoms with Crippen molar-refractivity contribution in [1.82, 2.24) is 0 Å². The van der Waals surface area contributed by atoms with Gasteiger partial charge in [-0.2, -0.15) is 0 Å². The molecule has 0 saturated carbocycles. The number of aryl methyl sites for hydroxylation is 1. The predicted octanol–water partition coefficient (Wildman–Crippen LogP) is 4.95. The molecule has 0 unspecified atom stereocenters. The highest BCUT2D eigenvalue weighted by Gasteiger charge is 2.31. The normalized spacial score (nSPS) is 14.7. The summed E-state index contributed by atoms with van der Waals surface area (Å²) in [6.07, 6.45) is 1.45. The average molecular weight is 478 g/mol. The van der Waals surface area contributed by atoms with Crippen LogP contribution in [0.3, 0.4) is 0 Å². The van der Waals surface area contributed by atoms with E-state index in [-0.39, 0.29) is 22.7 Å². The Morgan fingerprint density at radius 1 is 1.12 bits per heavy atom. The van der Waals surface area contributed by atoms with E-state index in [0.29, 0.717) is 21.2 Å². The van der Waals surface area contributed by atoms with Crippen molar-refractivity contribution in [2.75, 3.05) is 0 Å². The average Bonchev–Trinajstić information content (AvgIpc) is 2.88. The first-order chi connectivity index (χ1) is 12.3. The molecule has 0 amide bonds. The van der Waals surface area contributed by atoms with Gasteiger partial charge in [-0.05, 0) is 58.8 Å². The van der Waals surface area contributed by atoms with Crippen LogP contribution in [-0.4, -0.2) is 10.9 Å². The Kier molecular flexibility index (Phi) is 4.00. The minimum Gasteiger partial charge on any atom is -0.506 e. The maximum atomic E-state index is 12.9. The van der Waals surface area contributed by atoms with Crippen molar-refractivity contribution >= 4 is 54.7 Å². The number of phenolic OH excluding ortho intramolecular Hbond substituents is 1. The van der Waals surface area contributed by atoms with E-state index < -0.39 is 11.4 Å². The van der Waals surface area contributed by atoms with Crippen LogP contribution in [0.5, 0.6) is 11.5 Å². The first-order valence-corrected chi connectivity index (χ1v) is 9.13. The second kappa shape index (κ2) is 6.10. The van der Waals surface area contributed by atoms with Crippen molar-refractivity contribution in [1.29, 1.82) is 0 Å². The number of carbonyl (C=O) groups excluding carboxylic acids is 1. The van der Waals surface area contributed by atoms with Gasteiger partial charge >= 0.3 is 5.63 Å². The van der Waals surface area contributed by atoms with Crippen molar-refractivity contribution in [2.24, 2.45) is 0 Å². The van der Waals surface area contributed by atoms with Gasteiger partial charge < -0.3 is 14.3 Å². The largest absolute Gasteiger partial charge is 0.506 e. The summed E-state index contributed by atoms with van der Waals surface area (Å²) in [5, 5.41) is 10.9. The third-order valence-corrected chi connectivity index (χ3v) is 5.16. The molecule has 0 saturated heterocycles. The lowest BCUT2D eigenvalue weighted by Crippen LogP contribution is -2.02. The van der Waals surface area contributed by atoms with E-state index in [1.54, 1.807) is 31.2 Å². The maximum absolute atomic E-state index is 12.9. The van der Waals surface area contributed by atoms with Gasteiger partial charge in [0.15, 0.2) is 11.3 Å². The molecule has 0 fully saturated rings. The van der Waals surface area contributed by atoms with Crippen molar-refractivity contribution in [3.8, 4) is 11.5 Å². The number of fused-ring (bicyclic) bond motifs is 3. The standard InChI is InChI=1S/C19H10Br2O5/c1-8-4-15(22)26-19-11(8)2-3-13-16(19)18(24)14(25-13)6-9-5-10(20)7-12(21)17(9)23/h2-7,23H,1H3/b14-6-. The summed E-state index contributed by atoms with van der Waals surface area (Å²) >= 11 is 6.60. The van der Waals surface area contributed by atoms with E-state index in [9.17, 15) is 14.7 Å². The van der Waals surface area contributed by atoms with Crippen molar-refractivity contribution in [3.05, 3.63) is 72.1 Å². The fourth-order valence-electron chi connectivity index (χ4n) is 2.89. The highest BCUT2D eigenvalue weighted by atomic mass is 79.9. The smallest absolute Gasteiger partial charge is 0.336 e. The minimum atomic E-state index is -0.526. The van der Waals surface area contributed by atoms with Gasteiger partial charge in [0.2, 0.25) is 5.78 Å². The van der Waals surface area contributed by atoms with E-state index in [1.807, 2.05) is 0 Å². The summed E-state index contributed by atoms with van der Waals surface area (Å²) in [5.74, 6) is -0.0665. The first-order valence-electron chi connectivity index (χ1n) is 7.55. The number of ketones is 1. The lowest BCUT2D eigenvalue weighted by molar-refractivity contribution is 0.101. The topological polar surface area (TPSA) is 76.7 Å². The van der Waals surface area contributed by atoms with Gasteiger partial charge in [-0.3, -0.25) is 4.79 Å². The molecular formula is C19H10Br2O5. The number of carbonyl (C=O) groups is 1.